The zero-order valence-electron chi connectivity index (χ0n) is 10.4. The molecule has 1 heterocycles. The van der Waals surface area contributed by atoms with Crippen LogP contribution in [0.3, 0.4) is 0 Å². The van der Waals surface area contributed by atoms with Gasteiger partial charge in [-0.25, -0.2) is 4.98 Å². The summed E-state index contributed by atoms with van der Waals surface area (Å²) in [6.07, 6.45) is 0. The number of benzene rings is 1. The fourth-order valence-corrected chi connectivity index (χ4v) is 1.67. The van der Waals surface area contributed by atoms with Crippen LogP contribution in [-0.2, 0) is 0 Å². The van der Waals surface area contributed by atoms with E-state index in [1.54, 1.807) is 18.2 Å². The van der Waals surface area contributed by atoms with Gasteiger partial charge in [-0.1, -0.05) is 17.7 Å². The van der Waals surface area contributed by atoms with Crippen molar-refractivity contribution in [3.05, 3.63) is 29.4 Å². The molecule has 0 saturated carbocycles. The number of nitrogens with two attached hydrogens (primary N) is 1. The summed E-state index contributed by atoms with van der Waals surface area (Å²) < 4.78 is 16.0. The van der Waals surface area contributed by atoms with Gasteiger partial charge in [-0.05, 0) is 12.1 Å². The van der Waals surface area contributed by atoms with Crippen LogP contribution in [0.5, 0.6) is 23.1 Å². The SMILES string of the molecule is COc1cccc(OC)c1Oc1cc(Cl)nc(N)n1. The molecule has 1 aromatic heterocycles. The van der Waals surface area contributed by atoms with E-state index in [1.807, 2.05) is 0 Å². The number of anilines is 1. The van der Waals surface area contributed by atoms with Gasteiger partial charge in [-0.2, -0.15) is 4.98 Å². The molecule has 0 atom stereocenters. The maximum atomic E-state index is 5.79. The smallest absolute Gasteiger partial charge is 0.225 e. The molecule has 0 saturated heterocycles. The molecule has 0 aliphatic heterocycles. The highest BCUT2D eigenvalue weighted by atomic mass is 35.5. The molecule has 0 aliphatic carbocycles. The number of nitrogens with zero attached hydrogens (tertiary/aromatic N) is 2. The minimum absolute atomic E-state index is 0.0244. The van der Waals surface area contributed by atoms with E-state index in [1.165, 1.54) is 20.3 Å². The van der Waals surface area contributed by atoms with E-state index in [2.05, 4.69) is 9.97 Å². The van der Waals surface area contributed by atoms with Crippen molar-refractivity contribution in [1.29, 1.82) is 0 Å². The summed E-state index contributed by atoms with van der Waals surface area (Å²) in [7, 11) is 3.06. The van der Waals surface area contributed by atoms with Gasteiger partial charge in [0.05, 0.1) is 14.2 Å². The molecule has 6 nitrogen and oxygen atoms in total. The summed E-state index contributed by atoms with van der Waals surface area (Å²) in [5, 5.41) is 0.191. The Balaban J connectivity index is 2.41. The summed E-state index contributed by atoms with van der Waals surface area (Å²) >= 11 is 5.79. The molecule has 7 heteroatoms. The number of nitrogen functional groups attached to an aromatic ring is 1. The van der Waals surface area contributed by atoms with Crippen molar-refractivity contribution >= 4 is 17.5 Å². The highest BCUT2D eigenvalue weighted by Gasteiger charge is 2.13. The first-order valence-electron chi connectivity index (χ1n) is 5.33. The van der Waals surface area contributed by atoms with Crippen LogP contribution < -0.4 is 19.9 Å². The van der Waals surface area contributed by atoms with Crippen LogP contribution in [0.2, 0.25) is 5.15 Å². The van der Waals surface area contributed by atoms with Crippen LogP contribution in [0.25, 0.3) is 0 Å². The second-order valence-electron chi connectivity index (χ2n) is 3.48. The molecule has 0 fully saturated rings. The highest BCUT2D eigenvalue weighted by Crippen LogP contribution is 2.39. The molecule has 0 bridgehead atoms. The Bertz CT molecular complexity index is 550. The van der Waals surface area contributed by atoms with E-state index in [0.29, 0.717) is 17.2 Å². The van der Waals surface area contributed by atoms with Gasteiger partial charge in [0.25, 0.3) is 0 Å². The van der Waals surface area contributed by atoms with Crippen LogP contribution in [0.4, 0.5) is 5.95 Å². The van der Waals surface area contributed by atoms with Crippen molar-refractivity contribution in [2.45, 2.75) is 0 Å². The highest BCUT2D eigenvalue weighted by molar-refractivity contribution is 6.29. The molecule has 19 heavy (non-hydrogen) atoms. The molecular formula is C12H12ClN3O3. The molecule has 0 radical (unpaired) electrons. The Kier molecular flexibility index (Phi) is 3.91. The first-order chi connectivity index (χ1) is 9.13. The second kappa shape index (κ2) is 5.62. The molecule has 0 spiro atoms. The van der Waals surface area contributed by atoms with Crippen molar-refractivity contribution in [3.8, 4) is 23.1 Å². The lowest BCUT2D eigenvalue weighted by atomic mass is 10.3. The zero-order chi connectivity index (χ0) is 13.8. The first-order valence-corrected chi connectivity index (χ1v) is 5.70. The molecule has 2 N–H and O–H groups in total. The number of hydrogen-bond acceptors (Lipinski definition) is 6. The van der Waals surface area contributed by atoms with Crippen LogP contribution in [0.15, 0.2) is 24.3 Å². The Hall–Kier alpha value is -2.21. The largest absolute Gasteiger partial charge is 0.493 e. The van der Waals surface area contributed by atoms with Crippen molar-refractivity contribution in [2.24, 2.45) is 0 Å². The number of rotatable bonds is 4. The summed E-state index contributed by atoms with van der Waals surface area (Å²) in [6, 6.07) is 6.71. The average Bonchev–Trinajstić information content (AvgIpc) is 2.37. The minimum Gasteiger partial charge on any atom is -0.493 e. The summed E-state index contributed by atoms with van der Waals surface area (Å²) in [5.41, 5.74) is 5.51. The van der Waals surface area contributed by atoms with E-state index in [4.69, 9.17) is 31.5 Å². The maximum absolute atomic E-state index is 5.79. The Morgan fingerprint density at radius 1 is 1.11 bits per heavy atom. The molecule has 2 rings (SSSR count). The van der Waals surface area contributed by atoms with E-state index in [0.717, 1.165) is 0 Å². The number of methoxy groups -OCH3 is 2. The predicted octanol–water partition coefficient (Wildman–Crippen LogP) is 2.52. The van der Waals surface area contributed by atoms with Crippen LogP contribution in [0.1, 0.15) is 0 Å². The first kappa shape index (κ1) is 13.2. The molecular weight excluding hydrogens is 270 g/mol. The van der Waals surface area contributed by atoms with Crippen LogP contribution >= 0.6 is 11.6 Å². The van der Waals surface area contributed by atoms with Crippen molar-refractivity contribution in [2.75, 3.05) is 20.0 Å². The Morgan fingerprint density at radius 3 is 2.26 bits per heavy atom. The van der Waals surface area contributed by atoms with Gasteiger partial charge in [0.15, 0.2) is 11.5 Å². The average molecular weight is 282 g/mol. The summed E-state index contributed by atoms with van der Waals surface area (Å²) in [5.74, 6) is 1.64. The molecule has 0 unspecified atom stereocenters. The van der Waals surface area contributed by atoms with E-state index < -0.39 is 0 Å². The van der Waals surface area contributed by atoms with Gasteiger partial charge in [-0.15, -0.1) is 0 Å². The maximum Gasteiger partial charge on any atom is 0.225 e. The second-order valence-corrected chi connectivity index (χ2v) is 3.87. The van der Waals surface area contributed by atoms with E-state index >= 15 is 0 Å². The summed E-state index contributed by atoms with van der Waals surface area (Å²) in [4.78, 5) is 7.68. The zero-order valence-corrected chi connectivity index (χ0v) is 11.1. The van der Waals surface area contributed by atoms with E-state index in [9.17, 15) is 0 Å². The van der Waals surface area contributed by atoms with Crippen molar-refractivity contribution in [1.82, 2.24) is 9.97 Å². The predicted molar refractivity (Wildman–Crippen MR) is 71.1 cm³/mol. The lowest BCUT2D eigenvalue weighted by molar-refractivity contribution is 0.342. The lowest BCUT2D eigenvalue weighted by Crippen LogP contribution is -1.99. The molecule has 0 aliphatic rings. The van der Waals surface area contributed by atoms with Gasteiger partial charge in [0.1, 0.15) is 5.15 Å². The van der Waals surface area contributed by atoms with Gasteiger partial charge in [0.2, 0.25) is 17.6 Å². The van der Waals surface area contributed by atoms with Gasteiger partial charge >= 0.3 is 0 Å². The molecule has 100 valence electrons. The number of ether oxygens (including phenoxy) is 3. The van der Waals surface area contributed by atoms with Gasteiger partial charge in [0, 0.05) is 6.07 Å². The Labute approximate surface area is 115 Å². The lowest BCUT2D eigenvalue weighted by Gasteiger charge is -2.13. The quantitative estimate of drug-likeness (QED) is 0.868. The number of aromatic nitrogens is 2. The molecule has 1 aromatic carbocycles. The fourth-order valence-electron chi connectivity index (χ4n) is 1.49. The normalized spacial score (nSPS) is 10.1. The molecule has 0 amide bonds. The van der Waals surface area contributed by atoms with Crippen LogP contribution in [0, 0.1) is 0 Å². The third-order valence-corrected chi connectivity index (χ3v) is 2.47. The van der Waals surface area contributed by atoms with Crippen LogP contribution in [-0.4, -0.2) is 24.2 Å². The third kappa shape index (κ3) is 2.97. The summed E-state index contributed by atoms with van der Waals surface area (Å²) in [6.45, 7) is 0. The number of halogens is 1. The minimum atomic E-state index is 0.0244. The number of para-hydroxylation sites is 1. The standard InChI is InChI=1S/C12H12ClN3O3/c1-17-7-4-3-5-8(18-2)11(7)19-10-6-9(13)15-12(14)16-10/h3-6H,1-2H3,(H2,14,15,16). The number of hydrogen-bond donors (Lipinski definition) is 1. The monoisotopic (exact) mass is 281 g/mol. The Morgan fingerprint density at radius 2 is 1.74 bits per heavy atom. The fraction of sp³-hybridized carbons (Fsp3) is 0.167. The van der Waals surface area contributed by atoms with Gasteiger partial charge in [-0.3, -0.25) is 0 Å². The van der Waals surface area contributed by atoms with E-state index in [-0.39, 0.29) is 17.0 Å². The van der Waals surface area contributed by atoms with Gasteiger partial charge < -0.3 is 19.9 Å². The third-order valence-electron chi connectivity index (χ3n) is 2.28. The van der Waals surface area contributed by atoms with Crippen molar-refractivity contribution < 1.29 is 14.2 Å². The van der Waals surface area contributed by atoms with Crippen molar-refractivity contribution in [3.63, 3.8) is 0 Å². The topological polar surface area (TPSA) is 79.5 Å². The molecule has 2 aromatic rings.